The molecule has 23 heavy (non-hydrogen) atoms. The van der Waals surface area contributed by atoms with Gasteiger partial charge in [-0.3, -0.25) is 14.8 Å². The van der Waals surface area contributed by atoms with Gasteiger partial charge in [0, 0.05) is 36.4 Å². The van der Waals surface area contributed by atoms with Crippen molar-refractivity contribution in [2.24, 2.45) is 0 Å². The molecular formula is C15H20FN5OS. The van der Waals surface area contributed by atoms with Gasteiger partial charge in [0.15, 0.2) is 0 Å². The van der Waals surface area contributed by atoms with Crippen LogP contribution in [0.15, 0.2) is 17.6 Å². The van der Waals surface area contributed by atoms with E-state index in [1.165, 1.54) is 0 Å². The number of amides is 1. The van der Waals surface area contributed by atoms with Gasteiger partial charge in [0.25, 0.3) is 0 Å². The quantitative estimate of drug-likeness (QED) is 0.837. The fraction of sp³-hybridized carbons (Fsp3) is 0.533. The second-order valence-corrected chi connectivity index (χ2v) is 6.84. The van der Waals surface area contributed by atoms with Crippen molar-refractivity contribution in [1.82, 2.24) is 25.4 Å². The molecule has 2 aromatic rings. The molecule has 3 heterocycles. The van der Waals surface area contributed by atoms with Crippen LogP contribution in [-0.2, 0) is 17.8 Å². The maximum absolute atomic E-state index is 13.7. The maximum atomic E-state index is 13.7. The molecule has 2 aromatic heterocycles. The van der Waals surface area contributed by atoms with E-state index in [1.807, 2.05) is 18.4 Å². The number of likely N-dealkylation sites (tertiary alicyclic amines) is 1. The van der Waals surface area contributed by atoms with Crippen LogP contribution in [-0.4, -0.2) is 51.3 Å². The zero-order valence-corrected chi connectivity index (χ0v) is 13.8. The Hall–Kier alpha value is -1.80. The number of hydrogen-bond donors (Lipinski definition) is 2. The number of alkyl halides is 1. The summed E-state index contributed by atoms with van der Waals surface area (Å²) in [7, 11) is 0. The Morgan fingerprint density at radius 2 is 2.48 bits per heavy atom. The molecule has 0 aliphatic carbocycles. The number of aryl methyl sites for hydroxylation is 1. The SMILES string of the molecule is Cc1cc(CC(=O)NC[C@@H]2C[C@H](F)CN2Cc2nccs2)n[nH]1. The molecule has 0 saturated carbocycles. The van der Waals surface area contributed by atoms with Crippen molar-refractivity contribution in [2.45, 2.75) is 38.5 Å². The summed E-state index contributed by atoms with van der Waals surface area (Å²) in [6.07, 6.45) is 1.60. The first-order valence-corrected chi connectivity index (χ1v) is 8.52. The predicted molar refractivity (Wildman–Crippen MR) is 85.9 cm³/mol. The first-order valence-electron chi connectivity index (χ1n) is 7.64. The van der Waals surface area contributed by atoms with Crippen LogP contribution in [0, 0.1) is 6.92 Å². The number of aromatic amines is 1. The van der Waals surface area contributed by atoms with Crippen LogP contribution in [0.3, 0.4) is 0 Å². The van der Waals surface area contributed by atoms with Crippen molar-refractivity contribution in [3.8, 4) is 0 Å². The first-order chi connectivity index (χ1) is 11.1. The van der Waals surface area contributed by atoms with Crippen LogP contribution in [0.25, 0.3) is 0 Å². The standard InChI is InChI=1S/C15H20FN5OS/c1-10-4-12(20-19-10)6-14(22)18-7-13-5-11(16)8-21(13)9-15-17-2-3-23-15/h2-4,11,13H,5-9H2,1H3,(H,18,22)(H,19,20)/t11-,13-/m0/s1. The van der Waals surface area contributed by atoms with Crippen molar-refractivity contribution in [3.63, 3.8) is 0 Å². The highest BCUT2D eigenvalue weighted by molar-refractivity contribution is 7.09. The summed E-state index contributed by atoms with van der Waals surface area (Å²) in [5.41, 5.74) is 1.65. The van der Waals surface area contributed by atoms with E-state index in [0.717, 1.165) is 16.4 Å². The van der Waals surface area contributed by atoms with Crippen LogP contribution < -0.4 is 5.32 Å². The minimum Gasteiger partial charge on any atom is -0.354 e. The Morgan fingerprint density at radius 3 is 3.17 bits per heavy atom. The normalized spacial score (nSPS) is 21.7. The molecule has 1 amide bonds. The summed E-state index contributed by atoms with van der Waals surface area (Å²) < 4.78 is 13.7. The zero-order chi connectivity index (χ0) is 16.2. The lowest BCUT2D eigenvalue weighted by Crippen LogP contribution is -2.40. The third kappa shape index (κ3) is 4.35. The van der Waals surface area contributed by atoms with Gasteiger partial charge < -0.3 is 5.32 Å². The third-order valence-electron chi connectivity index (χ3n) is 3.93. The number of thiazole rings is 1. The van der Waals surface area contributed by atoms with Crippen LogP contribution in [0.1, 0.15) is 22.8 Å². The molecule has 8 heteroatoms. The first kappa shape index (κ1) is 16.1. The lowest BCUT2D eigenvalue weighted by molar-refractivity contribution is -0.120. The van der Waals surface area contributed by atoms with E-state index in [0.29, 0.717) is 26.1 Å². The summed E-state index contributed by atoms with van der Waals surface area (Å²) in [6, 6.07) is 1.86. The highest BCUT2D eigenvalue weighted by atomic mass is 32.1. The van der Waals surface area contributed by atoms with Gasteiger partial charge in [-0.1, -0.05) is 0 Å². The lowest BCUT2D eigenvalue weighted by Gasteiger charge is -2.23. The van der Waals surface area contributed by atoms with E-state index < -0.39 is 6.17 Å². The topological polar surface area (TPSA) is 73.9 Å². The molecule has 3 rings (SSSR count). The van der Waals surface area contributed by atoms with E-state index in [1.54, 1.807) is 17.5 Å². The van der Waals surface area contributed by atoms with Crippen LogP contribution >= 0.6 is 11.3 Å². The minimum atomic E-state index is -0.842. The third-order valence-corrected chi connectivity index (χ3v) is 4.70. The van der Waals surface area contributed by atoms with Crippen LogP contribution in [0.4, 0.5) is 4.39 Å². The van der Waals surface area contributed by atoms with E-state index in [-0.39, 0.29) is 18.4 Å². The second kappa shape index (κ2) is 7.18. The lowest BCUT2D eigenvalue weighted by atomic mass is 10.2. The molecule has 124 valence electrons. The Kier molecular flexibility index (Phi) is 5.02. The molecular weight excluding hydrogens is 317 g/mol. The van der Waals surface area contributed by atoms with Gasteiger partial charge in [-0.05, 0) is 19.4 Å². The molecule has 1 saturated heterocycles. The van der Waals surface area contributed by atoms with Crippen LogP contribution in [0.5, 0.6) is 0 Å². The largest absolute Gasteiger partial charge is 0.354 e. The number of rotatable bonds is 6. The van der Waals surface area contributed by atoms with E-state index in [2.05, 4.69) is 25.4 Å². The smallest absolute Gasteiger partial charge is 0.226 e. The van der Waals surface area contributed by atoms with E-state index in [9.17, 15) is 9.18 Å². The predicted octanol–water partition coefficient (Wildman–Crippen LogP) is 1.45. The molecule has 1 fully saturated rings. The minimum absolute atomic E-state index is 0.0128. The van der Waals surface area contributed by atoms with Crippen molar-refractivity contribution < 1.29 is 9.18 Å². The van der Waals surface area contributed by atoms with Gasteiger partial charge in [-0.15, -0.1) is 11.3 Å². The average Bonchev–Trinajstić information content (AvgIpc) is 3.21. The number of halogens is 1. The molecule has 1 aliphatic rings. The maximum Gasteiger partial charge on any atom is 0.226 e. The Balaban J connectivity index is 1.50. The number of carbonyl (C=O) groups is 1. The zero-order valence-electron chi connectivity index (χ0n) is 13.0. The van der Waals surface area contributed by atoms with Crippen molar-refractivity contribution in [3.05, 3.63) is 34.0 Å². The average molecular weight is 337 g/mol. The van der Waals surface area contributed by atoms with E-state index in [4.69, 9.17) is 0 Å². The highest BCUT2D eigenvalue weighted by Gasteiger charge is 2.32. The van der Waals surface area contributed by atoms with Crippen LogP contribution in [0.2, 0.25) is 0 Å². The monoisotopic (exact) mass is 337 g/mol. The molecule has 0 spiro atoms. The van der Waals surface area contributed by atoms with Gasteiger partial charge >= 0.3 is 0 Å². The summed E-state index contributed by atoms with van der Waals surface area (Å²) in [5, 5.41) is 12.7. The van der Waals surface area contributed by atoms with Gasteiger partial charge in [0.05, 0.1) is 18.7 Å². The summed E-state index contributed by atoms with van der Waals surface area (Å²) >= 11 is 1.57. The second-order valence-electron chi connectivity index (χ2n) is 5.87. The number of carbonyl (C=O) groups excluding carboxylic acids is 1. The van der Waals surface area contributed by atoms with E-state index >= 15 is 0 Å². The Morgan fingerprint density at radius 1 is 1.61 bits per heavy atom. The van der Waals surface area contributed by atoms with Gasteiger partial charge in [-0.25, -0.2) is 9.37 Å². The highest BCUT2D eigenvalue weighted by Crippen LogP contribution is 2.23. The van der Waals surface area contributed by atoms with Gasteiger partial charge in [0.2, 0.25) is 5.91 Å². The summed E-state index contributed by atoms with van der Waals surface area (Å²) in [4.78, 5) is 18.3. The van der Waals surface area contributed by atoms with Crippen molar-refractivity contribution in [1.29, 1.82) is 0 Å². The molecule has 0 aromatic carbocycles. The molecule has 6 nitrogen and oxygen atoms in total. The molecule has 2 N–H and O–H groups in total. The fourth-order valence-corrected chi connectivity index (χ4v) is 3.50. The number of nitrogens with one attached hydrogen (secondary N) is 2. The Bertz CT molecular complexity index is 644. The number of H-pyrrole nitrogens is 1. The van der Waals surface area contributed by atoms with Crippen molar-refractivity contribution in [2.75, 3.05) is 13.1 Å². The molecule has 1 aliphatic heterocycles. The number of aromatic nitrogens is 3. The molecule has 0 radical (unpaired) electrons. The number of nitrogens with zero attached hydrogens (tertiary/aromatic N) is 3. The summed E-state index contributed by atoms with van der Waals surface area (Å²) in [5.74, 6) is -0.0898. The molecule has 0 unspecified atom stereocenters. The fourth-order valence-electron chi connectivity index (χ4n) is 2.86. The van der Waals surface area contributed by atoms with Gasteiger partial charge in [-0.2, -0.15) is 5.10 Å². The summed E-state index contributed by atoms with van der Waals surface area (Å²) in [6.45, 7) is 3.38. The van der Waals surface area contributed by atoms with Gasteiger partial charge in [0.1, 0.15) is 11.2 Å². The molecule has 2 atom stereocenters. The number of hydrogen-bond acceptors (Lipinski definition) is 5. The van der Waals surface area contributed by atoms with Crippen molar-refractivity contribution >= 4 is 17.2 Å². The Labute approximate surface area is 138 Å². The molecule has 0 bridgehead atoms.